The molecule has 0 radical (unpaired) electrons. The zero-order valence-electron chi connectivity index (χ0n) is 13.4. The third-order valence-electron chi connectivity index (χ3n) is 6.03. The van der Waals surface area contributed by atoms with Crippen LogP contribution < -0.4 is 0 Å². The predicted molar refractivity (Wildman–Crippen MR) is 79.0 cm³/mol. The fraction of sp³-hybridized carbons (Fsp3) is 1.00. The third-order valence-corrected chi connectivity index (χ3v) is 6.03. The van der Waals surface area contributed by atoms with E-state index >= 15 is 0 Å². The average molecular weight is 250 g/mol. The molecule has 2 aliphatic rings. The van der Waals surface area contributed by atoms with E-state index in [4.69, 9.17) is 9.31 Å². The second-order valence-corrected chi connectivity index (χ2v) is 8.56. The fourth-order valence-corrected chi connectivity index (χ4v) is 3.21. The summed E-state index contributed by atoms with van der Waals surface area (Å²) in [6.45, 7) is 18.6. The lowest BCUT2D eigenvalue weighted by molar-refractivity contribution is 0.00578. The van der Waals surface area contributed by atoms with Crippen molar-refractivity contribution < 1.29 is 9.31 Å². The summed E-state index contributed by atoms with van der Waals surface area (Å²) in [5.41, 5.74) is 0.325. The van der Waals surface area contributed by atoms with E-state index in [0.29, 0.717) is 17.4 Å². The minimum absolute atomic E-state index is 0.0314. The van der Waals surface area contributed by atoms with Crippen LogP contribution in [0.3, 0.4) is 0 Å². The van der Waals surface area contributed by atoms with Crippen LogP contribution in [-0.4, -0.2) is 24.8 Å². The predicted octanol–water partition coefficient (Wildman–Crippen LogP) is 3.72. The van der Waals surface area contributed by atoms with E-state index in [2.05, 4.69) is 55.4 Å². The van der Waals surface area contributed by atoms with Gasteiger partial charge in [-0.15, -0.1) is 0 Å². The lowest BCUT2D eigenvalue weighted by Crippen LogP contribution is -2.41. The van der Waals surface area contributed by atoms with Crippen LogP contribution in [0.2, 0.25) is 12.6 Å². The van der Waals surface area contributed by atoms with Gasteiger partial charge in [0.1, 0.15) is 0 Å². The Morgan fingerprint density at radius 2 is 1.00 bits per heavy atom. The Bertz CT molecular complexity index is 282. The molecule has 2 saturated heterocycles. The molecule has 4 heteroatoms. The van der Waals surface area contributed by atoms with Crippen LogP contribution in [0.25, 0.3) is 0 Å². The maximum atomic E-state index is 6.21. The lowest BCUT2D eigenvalue weighted by Gasteiger charge is -2.35. The van der Waals surface area contributed by atoms with Crippen molar-refractivity contribution in [2.75, 3.05) is 0 Å². The highest BCUT2D eigenvalue weighted by molar-refractivity contribution is 7.17. The molecular formula is C14H28B2O2. The maximum Gasteiger partial charge on any atom is 0.407 e. The van der Waals surface area contributed by atoms with Gasteiger partial charge in [-0.05, 0) is 38.5 Å². The van der Waals surface area contributed by atoms with Gasteiger partial charge in [-0.3, -0.25) is 0 Å². The first-order valence-corrected chi connectivity index (χ1v) is 7.24. The van der Waals surface area contributed by atoms with E-state index in [-0.39, 0.29) is 18.2 Å². The molecule has 18 heavy (non-hydrogen) atoms. The summed E-state index contributed by atoms with van der Waals surface area (Å²) in [5.74, 6) is 0. The van der Waals surface area contributed by atoms with Crippen molar-refractivity contribution in [2.24, 2.45) is 10.8 Å². The van der Waals surface area contributed by atoms with Crippen LogP contribution in [0.5, 0.6) is 0 Å². The van der Waals surface area contributed by atoms with Crippen molar-refractivity contribution in [1.29, 1.82) is 0 Å². The average Bonchev–Trinajstić information content (AvgIpc) is 2.45. The van der Waals surface area contributed by atoms with Gasteiger partial charge in [-0.25, -0.2) is 0 Å². The smallest absolute Gasteiger partial charge is 0.407 e. The Kier molecular flexibility index (Phi) is 3.04. The van der Waals surface area contributed by atoms with E-state index in [0.717, 1.165) is 0 Å². The standard InChI is InChI=1S/C14H28B2O2/c1-11(2)9-15(10-12(11,3)4)16-17-13(5,6)14(7,8)18-16/h9-10H2,1-8H3. The van der Waals surface area contributed by atoms with Crippen molar-refractivity contribution in [2.45, 2.75) is 79.2 Å². The van der Waals surface area contributed by atoms with Gasteiger partial charge in [-0.2, -0.15) is 0 Å². The van der Waals surface area contributed by atoms with E-state index in [1.807, 2.05) is 0 Å². The summed E-state index contributed by atoms with van der Waals surface area (Å²) in [6.07, 6.45) is 2.38. The van der Waals surface area contributed by atoms with Crippen LogP contribution in [-0.2, 0) is 9.31 Å². The molecule has 0 amide bonds. The summed E-state index contributed by atoms with van der Waals surface area (Å²) < 4.78 is 12.4. The molecule has 0 atom stereocenters. The maximum absolute atomic E-state index is 6.21. The summed E-state index contributed by atoms with van der Waals surface area (Å²) in [5, 5.41) is 0. The number of rotatable bonds is 1. The molecule has 0 bridgehead atoms. The SMILES string of the molecule is CC1(C)CB(B2OC(C)(C)C(C)(C)O2)CC1(C)C. The van der Waals surface area contributed by atoms with E-state index in [1.165, 1.54) is 12.6 Å². The van der Waals surface area contributed by atoms with Gasteiger partial charge in [0.25, 0.3) is 0 Å². The lowest BCUT2D eigenvalue weighted by atomic mass is 9.22. The molecule has 0 unspecified atom stereocenters. The zero-order valence-corrected chi connectivity index (χ0v) is 13.4. The highest BCUT2D eigenvalue weighted by Gasteiger charge is 2.59. The molecule has 0 N–H and O–H groups in total. The van der Waals surface area contributed by atoms with Gasteiger partial charge in [0.05, 0.1) is 11.2 Å². The van der Waals surface area contributed by atoms with E-state index in [9.17, 15) is 0 Å². The molecule has 0 saturated carbocycles. The van der Waals surface area contributed by atoms with Crippen molar-refractivity contribution in [3.05, 3.63) is 0 Å². The van der Waals surface area contributed by atoms with Gasteiger partial charge in [0.15, 0.2) is 6.60 Å². The normalized spacial score (nSPS) is 32.0. The Balaban J connectivity index is 2.14. The second-order valence-electron chi connectivity index (χ2n) is 8.56. The van der Waals surface area contributed by atoms with Crippen molar-refractivity contribution in [3.8, 4) is 0 Å². The highest BCUT2D eigenvalue weighted by Crippen LogP contribution is 2.54. The largest absolute Gasteiger partial charge is 0.410 e. The minimum atomic E-state index is -0.200. The first-order valence-electron chi connectivity index (χ1n) is 7.24. The van der Waals surface area contributed by atoms with Crippen molar-refractivity contribution in [1.82, 2.24) is 0 Å². The first-order chi connectivity index (χ1) is 7.88. The molecular weight excluding hydrogens is 222 g/mol. The molecule has 0 aromatic heterocycles. The molecule has 0 aromatic rings. The summed E-state index contributed by atoms with van der Waals surface area (Å²) in [7, 11) is -0.0314. The Labute approximate surface area is 113 Å². The fourth-order valence-electron chi connectivity index (χ4n) is 3.21. The topological polar surface area (TPSA) is 18.5 Å². The first kappa shape index (κ1) is 14.5. The molecule has 0 spiro atoms. The summed E-state index contributed by atoms with van der Waals surface area (Å²) in [4.78, 5) is 0. The van der Waals surface area contributed by atoms with E-state index in [1.54, 1.807) is 0 Å². The molecule has 2 nitrogen and oxygen atoms in total. The van der Waals surface area contributed by atoms with Crippen LogP contribution in [0.1, 0.15) is 55.4 Å². The Morgan fingerprint density at radius 1 is 0.667 bits per heavy atom. The quantitative estimate of drug-likeness (QED) is 0.660. The minimum Gasteiger partial charge on any atom is -0.410 e. The van der Waals surface area contributed by atoms with Crippen molar-refractivity contribution in [3.63, 3.8) is 0 Å². The molecule has 0 aliphatic carbocycles. The Hall–Kier alpha value is 0.0499. The third kappa shape index (κ3) is 2.06. The molecule has 0 aromatic carbocycles. The Morgan fingerprint density at radius 3 is 1.33 bits per heavy atom. The molecule has 102 valence electrons. The highest BCUT2D eigenvalue weighted by atomic mass is 16.7. The molecule has 2 fully saturated rings. The van der Waals surface area contributed by atoms with Crippen LogP contribution in [0, 0.1) is 10.8 Å². The monoisotopic (exact) mass is 250 g/mol. The molecule has 2 aliphatic heterocycles. The van der Waals surface area contributed by atoms with Crippen molar-refractivity contribution >= 4 is 13.6 Å². The molecule has 2 heterocycles. The van der Waals surface area contributed by atoms with Gasteiger partial charge < -0.3 is 9.31 Å². The van der Waals surface area contributed by atoms with E-state index < -0.39 is 0 Å². The van der Waals surface area contributed by atoms with Crippen LogP contribution in [0.4, 0.5) is 0 Å². The van der Waals surface area contributed by atoms with Gasteiger partial charge in [0, 0.05) is 0 Å². The second kappa shape index (κ2) is 3.79. The summed E-state index contributed by atoms with van der Waals surface area (Å²) in [6, 6.07) is 0. The van der Waals surface area contributed by atoms with Crippen LogP contribution in [0.15, 0.2) is 0 Å². The van der Waals surface area contributed by atoms with Crippen LogP contribution >= 0.6 is 0 Å². The van der Waals surface area contributed by atoms with Gasteiger partial charge in [-0.1, -0.05) is 40.3 Å². The number of hydrogen-bond acceptors (Lipinski definition) is 2. The summed E-state index contributed by atoms with van der Waals surface area (Å²) >= 11 is 0. The zero-order chi connectivity index (χ0) is 14.0. The molecule has 2 rings (SSSR count). The number of hydrogen-bond donors (Lipinski definition) is 0. The van der Waals surface area contributed by atoms with Gasteiger partial charge >= 0.3 is 7.01 Å². The van der Waals surface area contributed by atoms with Gasteiger partial charge in [0.2, 0.25) is 0 Å².